The Balaban J connectivity index is 2.69. The molecule has 3 nitrogen and oxygen atoms in total. The van der Waals surface area contributed by atoms with Crippen LogP contribution in [0.4, 0.5) is 0 Å². The van der Waals surface area contributed by atoms with Crippen molar-refractivity contribution < 1.29 is 9.63 Å². The quantitative estimate of drug-likeness (QED) is 0.759. The fourth-order valence-corrected chi connectivity index (χ4v) is 0.901. The predicted octanol–water partition coefficient (Wildman–Crippen LogP) is 0.972. The van der Waals surface area contributed by atoms with Crippen molar-refractivity contribution >= 4 is 15.9 Å². The number of nitrogens with zero attached hydrogens (tertiary/aromatic N) is 1. The maximum absolute atomic E-state index is 8.47. The van der Waals surface area contributed by atoms with E-state index in [4.69, 9.17) is 5.11 Å². The fraction of sp³-hybridized carbons (Fsp3) is 0.400. The summed E-state index contributed by atoms with van der Waals surface area (Å²) in [5, 5.41) is 12.0. The average molecular weight is 192 g/mol. The molecule has 9 heavy (non-hydrogen) atoms. The van der Waals surface area contributed by atoms with Gasteiger partial charge >= 0.3 is 0 Å². The lowest BCUT2D eigenvalue weighted by molar-refractivity contribution is 0.299. The summed E-state index contributed by atoms with van der Waals surface area (Å²) in [6.07, 6.45) is 2.10. The third-order valence-corrected chi connectivity index (χ3v) is 1.63. The van der Waals surface area contributed by atoms with Crippen LogP contribution in [0.2, 0.25) is 0 Å². The molecule has 1 heterocycles. The molecule has 0 saturated carbocycles. The molecule has 1 aromatic heterocycles. The maximum atomic E-state index is 8.47. The molecule has 0 saturated heterocycles. The van der Waals surface area contributed by atoms with Crippen LogP contribution in [0.15, 0.2) is 15.4 Å². The highest BCUT2D eigenvalue weighted by Gasteiger charge is 2.01. The Morgan fingerprint density at radius 1 is 1.78 bits per heavy atom. The molecule has 1 N–H and O–H groups in total. The van der Waals surface area contributed by atoms with E-state index in [0.29, 0.717) is 11.0 Å². The van der Waals surface area contributed by atoms with Crippen molar-refractivity contribution in [3.63, 3.8) is 0 Å². The summed E-state index contributed by atoms with van der Waals surface area (Å²) in [4.78, 5) is 0. The molecular formula is C5H6BrNO2. The Kier molecular flexibility index (Phi) is 2.24. The molecule has 0 amide bonds. The van der Waals surface area contributed by atoms with Crippen LogP contribution < -0.4 is 0 Å². The van der Waals surface area contributed by atoms with Crippen LogP contribution in [-0.4, -0.2) is 16.9 Å². The van der Waals surface area contributed by atoms with Gasteiger partial charge in [-0.1, -0.05) is 5.16 Å². The minimum absolute atomic E-state index is 0.125. The molecule has 0 aliphatic carbocycles. The van der Waals surface area contributed by atoms with Gasteiger partial charge in [0.25, 0.3) is 0 Å². The molecule has 0 fully saturated rings. The predicted molar refractivity (Wildman–Crippen MR) is 35.0 cm³/mol. The van der Waals surface area contributed by atoms with Crippen LogP contribution in [0, 0.1) is 0 Å². The number of halogens is 1. The van der Waals surface area contributed by atoms with Gasteiger partial charge in [0.2, 0.25) is 0 Å². The highest BCUT2D eigenvalue weighted by molar-refractivity contribution is 9.10. The van der Waals surface area contributed by atoms with Crippen molar-refractivity contribution in [1.82, 2.24) is 5.16 Å². The van der Waals surface area contributed by atoms with Gasteiger partial charge in [0, 0.05) is 18.6 Å². The van der Waals surface area contributed by atoms with Crippen molar-refractivity contribution in [2.24, 2.45) is 0 Å². The van der Waals surface area contributed by atoms with Gasteiger partial charge < -0.3 is 9.63 Å². The molecule has 0 bridgehead atoms. The highest BCUT2D eigenvalue weighted by atomic mass is 79.9. The highest BCUT2D eigenvalue weighted by Crippen LogP contribution is 2.13. The Morgan fingerprint density at radius 2 is 2.56 bits per heavy atom. The first kappa shape index (κ1) is 6.77. The normalized spacial score (nSPS) is 10.0. The monoisotopic (exact) mass is 191 g/mol. The number of aliphatic hydroxyl groups excluding tert-OH is 1. The summed E-state index contributed by atoms with van der Waals surface area (Å²) < 4.78 is 5.27. The van der Waals surface area contributed by atoms with Crippen LogP contribution in [0.25, 0.3) is 0 Å². The van der Waals surface area contributed by atoms with Crippen LogP contribution in [0.1, 0.15) is 5.56 Å². The number of hydrogen-bond acceptors (Lipinski definition) is 3. The third kappa shape index (κ3) is 1.53. The lowest BCUT2D eigenvalue weighted by atomic mass is 10.3. The van der Waals surface area contributed by atoms with Gasteiger partial charge in [-0.3, -0.25) is 0 Å². The van der Waals surface area contributed by atoms with Crippen LogP contribution >= 0.6 is 15.9 Å². The average Bonchev–Trinajstić information content (AvgIpc) is 2.18. The Labute approximate surface area is 60.8 Å². The zero-order chi connectivity index (χ0) is 6.69. The Bertz CT molecular complexity index is 187. The first-order chi connectivity index (χ1) is 4.34. The van der Waals surface area contributed by atoms with Gasteiger partial charge in [-0.2, -0.15) is 0 Å². The molecule has 0 spiro atoms. The molecule has 0 radical (unpaired) electrons. The summed E-state index contributed by atoms with van der Waals surface area (Å²) in [7, 11) is 0. The van der Waals surface area contributed by atoms with E-state index < -0.39 is 0 Å². The summed E-state index contributed by atoms with van der Waals surface area (Å²) >= 11 is 3.15. The topological polar surface area (TPSA) is 46.3 Å². The first-order valence-electron chi connectivity index (χ1n) is 2.54. The second kappa shape index (κ2) is 2.98. The van der Waals surface area contributed by atoms with Crippen molar-refractivity contribution in [1.29, 1.82) is 0 Å². The molecule has 0 atom stereocenters. The van der Waals surface area contributed by atoms with E-state index in [1.54, 1.807) is 0 Å². The van der Waals surface area contributed by atoms with Gasteiger partial charge in [-0.25, -0.2) is 0 Å². The van der Waals surface area contributed by atoms with Crippen LogP contribution in [-0.2, 0) is 6.42 Å². The molecule has 0 unspecified atom stereocenters. The van der Waals surface area contributed by atoms with Crippen LogP contribution in [0.3, 0.4) is 0 Å². The van der Waals surface area contributed by atoms with Gasteiger partial charge in [0.15, 0.2) is 4.60 Å². The number of hydrogen-bond donors (Lipinski definition) is 1. The molecule has 0 aliphatic heterocycles. The zero-order valence-electron chi connectivity index (χ0n) is 4.67. The number of aromatic nitrogens is 1. The van der Waals surface area contributed by atoms with Gasteiger partial charge in [0.1, 0.15) is 6.26 Å². The third-order valence-electron chi connectivity index (χ3n) is 0.974. The number of aliphatic hydroxyl groups is 1. The molecule has 0 aliphatic rings. The second-order valence-corrected chi connectivity index (χ2v) is 2.36. The Hall–Kier alpha value is -0.350. The summed E-state index contributed by atoms with van der Waals surface area (Å²) in [6, 6.07) is 0. The van der Waals surface area contributed by atoms with Crippen molar-refractivity contribution in [2.45, 2.75) is 6.42 Å². The summed E-state index contributed by atoms with van der Waals surface area (Å²) in [5.74, 6) is 0. The zero-order valence-corrected chi connectivity index (χ0v) is 6.26. The van der Waals surface area contributed by atoms with E-state index in [0.717, 1.165) is 5.56 Å². The first-order valence-corrected chi connectivity index (χ1v) is 3.33. The van der Waals surface area contributed by atoms with E-state index in [9.17, 15) is 0 Å². The minimum atomic E-state index is 0.125. The molecular weight excluding hydrogens is 186 g/mol. The van der Waals surface area contributed by atoms with Crippen LogP contribution in [0.5, 0.6) is 0 Å². The standard InChI is InChI=1S/C5H6BrNO2/c6-5-4(1-2-8)3-9-7-5/h3,8H,1-2H2. The van der Waals surface area contributed by atoms with E-state index in [1.165, 1.54) is 6.26 Å². The van der Waals surface area contributed by atoms with E-state index in [1.807, 2.05) is 0 Å². The molecule has 0 aromatic carbocycles. The molecule has 50 valence electrons. The van der Waals surface area contributed by atoms with E-state index in [-0.39, 0.29) is 6.61 Å². The lowest BCUT2D eigenvalue weighted by Gasteiger charge is -1.86. The van der Waals surface area contributed by atoms with Gasteiger partial charge in [0.05, 0.1) is 0 Å². The minimum Gasteiger partial charge on any atom is -0.396 e. The second-order valence-electron chi connectivity index (χ2n) is 1.60. The van der Waals surface area contributed by atoms with E-state index in [2.05, 4.69) is 25.6 Å². The largest absolute Gasteiger partial charge is 0.396 e. The van der Waals surface area contributed by atoms with Gasteiger partial charge in [-0.05, 0) is 15.9 Å². The summed E-state index contributed by atoms with van der Waals surface area (Å²) in [6.45, 7) is 0.125. The lowest BCUT2D eigenvalue weighted by Crippen LogP contribution is -1.87. The van der Waals surface area contributed by atoms with Gasteiger partial charge in [-0.15, -0.1) is 0 Å². The fourth-order valence-electron chi connectivity index (χ4n) is 0.526. The summed E-state index contributed by atoms with van der Waals surface area (Å²) in [5.41, 5.74) is 0.900. The smallest absolute Gasteiger partial charge is 0.152 e. The van der Waals surface area contributed by atoms with Crippen molar-refractivity contribution in [3.05, 3.63) is 16.4 Å². The Morgan fingerprint density at radius 3 is 3.00 bits per heavy atom. The molecule has 1 rings (SSSR count). The van der Waals surface area contributed by atoms with Crippen molar-refractivity contribution in [3.8, 4) is 0 Å². The van der Waals surface area contributed by atoms with Crippen molar-refractivity contribution in [2.75, 3.05) is 6.61 Å². The SMILES string of the molecule is OCCc1conc1Br. The van der Waals surface area contributed by atoms with E-state index >= 15 is 0 Å². The maximum Gasteiger partial charge on any atom is 0.152 e. The molecule has 1 aromatic rings. The number of rotatable bonds is 2. The molecule has 4 heteroatoms.